The molecule has 1 saturated heterocycles. The Morgan fingerprint density at radius 3 is 2.58 bits per heavy atom. The van der Waals surface area contributed by atoms with E-state index in [2.05, 4.69) is 41.4 Å². The Hall–Kier alpha value is -2.58. The van der Waals surface area contributed by atoms with Crippen molar-refractivity contribution in [2.75, 3.05) is 13.1 Å². The van der Waals surface area contributed by atoms with Gasteiger partial charge in [-0.1, -0.05) is 33.6 Å². The number of carbonyl (C=O) groups is 3. The highest BCUT2D eigenvalue weighted by Crippen LogP contribution is 2.68. The molecule has 3 N–H and O–H groups in total. The van der Waals surface area contributed by atoms with Crippen molar-refractivity contribution in [1.29, 1.82) is 0 Å². The summed E-state index contributed by atoms with van der Waals surface area (Å²) in [7, 11) is 0. The number of aromatic amines is 1. The van der Waals surface area contributed by atoms with Gasteiger partial charge in [0.15, 0.2) is 0 Å². The minimum Gasteiger partial charge on any atom is -0.444 e. The first-order valence-electron chi connectivity index (χ1n) is 19.3. The second-order valence-corrected chi connectivity index (χ2v) is 17.9. The summed E-state index contributed by atoms with van der Waals surface area (Å²) in [5.74, 6) is 4.59. The number of hydrogen-bond acceptors (Lipinski definition) is 5. The summed E-state index contributed by atoms with van der Waals surface area (Å²) in [6.45, 7) is 13.8. The van der Waals surface area contributed by atoms with E-state index < -0.39 is 17.7 Å². The van der Waals surface area contributed by atoms with E-state index in [9.17, 15) is 14.4 Å². The van der Waals surface area contributed by atoms with Crippen LogP contribution >= 0.6 is 0 Å². The molecular formula is C39H63N5O4. The number of fused-ring (bicyclic) bond motifs is 5. The second-order valence-electron chi connectivity index (χ2n) is 17.9. The molecule has 3 amide bonds. The predicted octanol–water partition coefficient (Wildman–Crippen LogP) is 7.03. The molecule has 10 atom stereocenters. The lowest BCUT2D eigenvalue weighted by Crippen LogP contribution is -2.53. The molecule has 1 aliphatic heterocycles. The first-order valence-corrected chi connectivity index (χ1v) is 19.3. The summed E-state index contributed by atoms with van der Waals surface area (Å²) in [4.78, 5) is 48.3. The van der Waals surface area contributed by atoms with Crippen LogP contribution in [0, 0.1) is 46.3 Å². The van der Waals surface area contributed by atoms with Crippen molar-refractivity contribution in [2.24, 2.45) is 46.3 Å². The molecule has 0 aromatic carbocycles. The summed E-state index contributed by atoms with van der Waals surface area (Å²) in [6, 6.07) is -0.981. The average molecular weight is 666 g/mol. The molecule has 2 heterocycles. The molecule has 268 valence electrons. The Labute approximate surface area is 288 Å². The molecule has 9 nitrogen and oxygen atoms in total. The van der Waals surface area contributed by atoms with E-state index in [0.717, 1.165) is 35.8 Å². The van der Waals surface area contributed by atoms with Crippen molar-refractivity contribution in [3.05, 3.63) is 18.2 Å². The highest BCUT2D eigenvalue weighted by Gasteiger charge is 2.60. The first-order chi connectivity index (χ1) is 22.8. The second kappa shape index (κ2) is 14.0. The monoisotopic (exact) mass is 665 g/mol. The Balaban J connectivity index is 1.02. The molecule has 6 rings (SSSR count). The largest absolute Gasteiger partial charge is 0.444 e. The topological polar surface area (TPSA) is 116 Å². The number of ether oxygens (including phenoxy) is 1. The van der Waals surface area contributed by atoms with Gasteiger partial charge in [-0.2, -0.15) is 0 Å². The van der Waals surface area contributed by atoms with E-state index >= 15 is 0 Å². The minimum absolute atomic E-state index is 0.0169. The van der Waals surface area contributed by atoms with Crippen LogP contribution in [0.15, 0.2) is 12.5 Å². The fourth-order valence-corrected chi connectivity index (χ4v) is 11.7. The third-order valence-corrected chi connectivity index (χ3v) is 14.0. The number of aromatic nitrogens is 2. The van der Waals surface area contributed by atoms with Gasteiger partial charge in [0.05, 0.1) is 6.33 Å². The fourth-order valence-electron chi connectivity index (χ4n) is 11.7. The van der Waals surface area contributed by atoms with E-state index in [4.69, 9.17) is 4.74 Å². The van der Waals surface area contributed by atoms with Crippen LogP contribution in [0.3, 0.4) is 0 Å². The molecular weight excluding hydrogens is 602 g/mol. The van der Waals surface area contributed by atoms with Crippen LogP contribution in [0.2, 0.25) is 0 Å². The molecule has 4 unspecified atom stereocenters. The number of imidazole rings is 1. The lowest BCUT2D eigenvalue weighted by molar-refractivity contribution is -0.125. The Kier molecular flexibility index (Phi) is 10.3. The van der Waals surface area contributed by atoms with Crippen LogP contribution in [-0.2, 0) is 20.7 Å². The average Bonchev–Trinajstić information content (AvgIpc) is 3.77. The van der Waals surface area contributed by atoms with E-state index in [1.807, 2.05) is 20.8 Å². The summed E-state index contributed by atoms with van der Waals surface area (Å²) < 4.78 is 5.65. The quantitative estimate of drug-likeness (QED) is 0.262. The molecule has 0 radical (unpaired) electrons. The van der Waals surface area contributed by atoms with Crippen LogP contribution in [0.25, 0.3) is 0 Å². The lowest BCUT2D eigenvalue weighted by atomic mass is 9.44. The molecule has 0 spiro atoms. The van der Waals surface area contributed by atoms with Gasteiger partial charge in [0, 0.05) is 43.9 Å². The van der Waals surface area contributed by atoms with E-state index in [1.54, 1.807) is 12.5 Å². The highest BCUT2D eigenvalue weighted by atomic mass is 16.6. The van der Waals surface area contributed by atoms with Crippen molar-refractivity contribution in [3.63, 3.8) is 0 Å². The maximum Gasteiger partial charge on any atom is 0.411 e. The molecule has 0 bridgehead atoms. The zero-order chi connectivity index (χ0) is 34.3. The zero-order valence-electron chi connectivity index (χ0n) is 30.6. The van der Waals surface area contributed by atoms with Crippen LogP contribution in [0.1, 0.15) is 131 Å². The zero-order valence-corrected chi connectivity index (χ0v) is 30.6. The molecule has 1 aromatic rings. The van der Waals surface area contributed by atoms with Gasteiger partial charge in [-0.05, 0) is 131 Å². The van der Waals surface area contributed by atoms with Crippen molar-refractivity contribution < 1.29 is 19.1 Å². The SMILES string of the molecule is C[C@H](CCC(=O)N[C@H]1C[C@@H](C(=O)NCCc2cnc[nH]2)N(C(=O)OC(C)(C)C)C1)[C@H]1CCC2C3CCC4CCCC[C@]4(C)C3CC[C@@]21C. The number of hydrogen-bond donors (Lipinski definition) is 3. The van der Waals surface area contributed by atoms with Gasteiger partial charge in [0.25, 0.3) is 0 Å². The van der Waals surface area contributed by atoms with Gasteiger partial charge in [-0.15, -0.1) is 0 Å². The standard InChI is InChI=1S/C39H63N5O4/c1-25(30-13-14-31-29-12-11-26-9-7-8-18-38(26,5)32(29)16-19-39(30,31)6)10-15-34(45)43-28-21-33(44(23-28)36(47)48-37(2,3)4)35(46)41-20-17-27-22-40-24-42-27/h22,24-26,28-33H,7-21,23H2,1-6H3,(H,40,42)(H,41,46)(H,43,45)/t25-,26?,28+,29?,30-,31?,32?,33+,38+,39-/m1/s1. The van der Waals surface area contributed by atoms with Crippen LogP contribution in [0.4, 0.5) is 4.79 Å². The third-order valence-electron chi connectivity index (χ3n) is 14.0. The van der Waals surface area contributed by atoms with E-state index in [0.29, 0.717) is 48.5 Å². The lowest BCUT2D eigenvalue weighted by Gasteiger charge is -2.61. The van der Waals surface area contributed by atoms with Crippen molar-refractivity contribution >= 4 is 17.9 Å². The molecule has 4 saturated carbocycles. The van der Waals surface area contributed by atoms with Gasteiger partial charge in [0.2, 0.25) is 11.8 Å². The normalized spacial score (nSPS) is 36.8. The number of likely N-dealkylation sites (tertiary alicyclic amines) is 1. The van der Waals surface area contributed by atoms with Gasteiger partial charge in [-0.25, -0.2) is 9.78 Å². The van der Waals surface area contributed by atoms with Crippen molar-refractivity contribution in [1.82, 2.24) is 25.5 Å². The molecule has 5 fully saturated rings. The predicted molar refractivity (Wildman–Crippen MR) is 187 cm³/mol. The summed E-state index contributed by atoms with van der Waals surface area (Å²) in [6.07, 6.45) is 19.3. The minimum atomic E-state index is -0.692. The van der Waals surface area contributed by atoms with Crippen LogP contribution in [0.5, 0.6) is 0 Å². The van der Waals surface area contributed by atoms with Crippen molar-refractivity contribution in [2.45, 2.75) is 149 Å². The number of amides is 3. The van der Waals surface area contributed by atoms with E-state index in [1.165, 1.54) is 69.1 Å². The molecule has 1 aromatic heterocycles. The van der Waals surface area contributed by atoms with Crippen LogP contribution < -0.4 is 10.6 Å². The third kappa shape index (κ3) is 7.17. The number of rotatable bonds is 9. The maximum absolute atomic E-state index is 13.4. The number of carbonyl (C=O) groups excluding carboxylic acids is 3. The highest BCUT2D eigenvalue weighted by molar-refractivity contribution is 5.87. The van der Waals surface area contributed by atoms with Gasteiger partial charge in [-0.3, -0.25) is 14.5 Å². The molecule has 48 heavy (non-hydrogen) atoms. The van der Waals surface area contributed by atoms with Crippen LogP contribution in [-0.4, -0.2) is 63.5 Å². The Morgan fingerprint density at radius 1 is 1.04 bits per heavy atom. The Bertz CT molecular complexity index is 1290. The number of nitrogens with zero attached hydrogens (tertiary/aromatic N) is 2. The molecule has 5 aliphatic rings. The number of H-pyrrole nitrogens is 1. The smallest absolute Gasteiger partial charge is 0.411 e. The van der Waals surface area contributed by atoms with Gasteiger partial charge < -0.3 is 20.4 Å². The summed E-state index contributed by atoms with van der Waals surface area (Å²) in [5, 5.41) is 6.15. The number of nitrogens with one attached hydrogen (secondary N) is 3. The van der Waals surface area contributed by atoms with Gasteiger partial charge >= 0.3 is 6.09 Å². The fraction of sp³-hybridized carbons (Fsp3) is 0.846. The van der Waals surface area contributed by atoms with E-state index in [-0.39, 0.29) is 24.4 Å². The maximum atomic E-state index is 13.4. The van der Waals surface area contributed by atoms with Gasteiger partial charge in [0.1, 0.15) is 11.6 Å². The Morgan fingerprint density at radius 2 is 1.83 bits per heavy atom. The molecule has 9 heteroatoms. The summed E-state index contributed by atoms with van der Waals surface area (Å²) >= 11 is 0. The van der Waals surface area contributed by atoms with Crippen molar-refractivity contribution in [3.8, 4) is 0 Å². The molecule has 4 aliphatic carbocycles. The summed E-state index contributed by atoms with van der Waals surface area (Å²) in [5.41, 5.74) is 1.22. The first kappa shape index (κ1) is 35.3.